The van der Waals surface area contributed by atoms with Crippen LogP contribution in [-0.2, 0) is 0 Å². The first-order valence-corrected chi connectivity index (χ1v) is 6.23. The summed E-state index contributed by atoms with van der Waals surface area (Å²) in [5.41, 5.74) is 7.57. The van der Waals surface area contributed by atoms with Crippen molar-refractivity contribution in [2.24, 2.45) is 0 Å². The van der Waals surface area contributed by atoms with Crippen LogP contribution in [0.1, 0.15) is 5.56 Å². The molecule has 20 heavy (non-hydrogen) atoms. The molecule has 3 rings (SSSR count). The van der Waals surface area contributed by atoms with Gasteiger partial charge in [-0.15, -0.1) is 0 Å². The van der Waals surface area contributed by atoms with E-state index in [4.69, 9.17) is 10.5 Å². The molecule has 0 aliphatic carbocycles. The zero-order valence-electron chi connectivity index (χ0n) is 10.9. The number of para-hydroxylation sites is 1. The zero-order chi connectivity index (χ0) is 14.1. The van der Waals surface area contributed by atoms with Crippen LogP contribution >= 0.6 is 0 Å². The summed E-state index contributed by atoms with van der Waals surface area (Å²) >= 11 is 0. The van der Waals surface area contributed by atoms with E-state index in [0.29, 0.717) is 17.0 Å². The molecular formula is C16H13FN2O. The Bertz CT molecular complexity index is 787. The van der Waals surface area contributed by atoms with Crippen molar-refractivity contribution in [1.82, 2.24) is 4.98 Å². The Kier molecular flexibility index (Phi) is 2.99. The minimum Gasteiger partial charge on any atom is -0.451 e. The highest BCUT2D eigenvalue weighted by Gasteiger charge is 2.12. The monoisotopic (exact) mass is 268 g/mol. The number of ether oxygens (including phenoxy) is 1. The van der Waals surface area contributed by atoms with Crippen molar-refractivity contribution in [3.63, 3.8) is 0 Å². The van der Waals surface area contributed by atoms with E-state index in [9.17, 15) is 4.39 Å². The van der Waals surface area contributed by atoms with Crippen LogP contribution in [-0.4, -0.2) is 4.98 Å². The third-order valence-corrected chi connectivity index (χ3v) is 3.12. The smallest absolute Gasteiger partial charge is 0.168 e. The SMILES string of the molecule is Cc1cccc(Oc2c(N)cnc3ccccc23)c1F. The fourth-order valence-corrected chi connectivity index (χ4v) is 2.05. The van der Waals surface area contributed by atoms with E-state index in [2.05, 4.69) is 4.98 Å². The quantitative estimate of drug-likeness (QED) is 0.762. The first-order valence-electron chi connectivity index (χ1n) is 6.23. The van der Waals surface area contributed by atoms with Crippen molar-refractivity contribution < 1.29 is 9.13 Å². The Labute approximate surface area is 115 Å². The van der Waals surface area contributed by atoms with Crippen LogP contribution in [0.25, 0.3) is 10.9 Å². The lowest BCUT2D eigenvalue weighted by molar-refractivity contribution is 0.445. The average molecular weight is 268 g/mol. The van der Waals surface area contributed by atoms with Crippen LogP contribution in [0.2, 0.25) is 0 Å². The molecule has 3 aromatic rings. The molecule has 0 amide bonds. The largest absolute Gasteiger partial charge is 0.451 e. The van der Waals surface area contributed by atoms with E-state index >= 15 is 0 Å². The topological polar surface area (TPSA) is 48.1 Å². The van der Waals surface area contributed by atoms with Gasteiger partial charge in [-0.2, -0.15) is 0 Å². The highest BCUT2D eigenvalue weighted by atomic mass is 19.1. The first-order chi connectivity index (χ1) is 9.66. The summed E-state index contributed by atoms with van der Waals surface area (Å²) in [7, 11) is 0. The molecule has 2 N–H and O–H groups in total. The number of halogens is 1. The molecule has 4 heteroatoms. The van der Waals surface area contributed by atoms with Crippen LogP contribution < -0.4 is 10.5 Å². The molecule has 0 radical (unpaired) electrons. The van der Waals surface area contributed by atoms with Crippen LogP contribution in [0, 0.1) is 12.7 Å². The number of hydrogen-bond donors (Lipinski definition) is 1. The van der Waals surface area contributed by atoms with E-state index in [0.717, 1.165) is 10.9 Å². The van der Waals surface area contributed by atoms with Crippen LogP contribution in [0.15, 0.2) is 48.7 Å². The van der Waals surface area contributed by atoms with Crippen LogP contribution in [0.3, 0.4) is 0 Å². The average Bonchev–Trinajstić information content (AvgIpc) is 2.46. The molecular weight excluding hydrogens is 255 g/mol. The Hall–Kier alpha value is -2.62. The van der Waals surface area contributed by atoms with E-state index < -0.39 is 0 Å². The van der Waals surface area contributed by atoms with Crippen LogP contribution in [0.4, 0.5) is 10.1 Å². The predicted molar refractivity (Wildman–Crippen MR) is 77.4 cm³/mol. The molecule has 0 atom stereocenters. The van der Waals surface area contributed by atoms with Crippen molar-refractivity contribution in [2.45, 2.75) is 6.92 Å². The highest BCUT2D eigenvalue weighted by molar-refractivity contribution is 5.89. The van der Waals surface area contributed by atoms with Gasteiger partial charge in [-0.25, -0.2) is 4.39 Å². The second-order valence-electron chi connectivity index (χ2n) is 4.55. The molecule has 1 aromatic heterocycles. The Balaban J connectivity index is 2.15. The summed E-state index contributed by atoms with van der Waals surface area (Å²) in [5, 5.41) is 0.758. The van der Waals surface area contributed by atoms with Gasteiger partial charge in [0.1, 0.15) is 0 Å². The number of hydrogen-bond acceptors (Lipinski definition) is 3. The number of fused-ring (bicyclic) bond motifs is 1. The molecule has 0 bridgehead atoms. The molecule has 100 valence electrons. The number of nitrogens with zero attached hydrogens (tertiary/aromatic N) is 1. The molecule has 0 aliphatic rings. The van der Waals surface area contributed by atoms with Gasteiger partial charge in [0.15, 0.2) is 17.3 Å². The van der Waals surface area contributed by atoms with Gasteiger partial charge in [-0.1, -0.05) is 24.3 Å². The lowest BCUT2D eigenvalue weighted by atomic mass is 10.2. The van der Waals surface area contributed by atoms with E-state index in [1.807, 2.05) is 24.3 Å². The first kappa shape index (κ1) is 12.4. The number of nitrogen functional groups attached to an aromatic ring is 1. The maximum Gasteiger partial charge on any atom is 0.168 e. The minimum absolute atomic E-state index is 0.160. The standard InChI is InChI=1S/C16H13FN2O/c1-10-5-4-8-14(15(10)17)20-16-11-6-2-3-7-13(11)19-9-12(16)18/h2-9H,18H2,1H3. The molecule has 0 spiro atoms. The van der Waals surface area contributed by atoms with Gasteiger partial charge in [0.25, 0.3) is 0 Å². The number of pyridine rings is 1. The molecule has 0 saturated heterocycles. The van der Waals surface area contributed by atoms with Crippen molar-refractivity contribution >= 4 is 16.6 Å². The van der Waals surface area contributed by atoms with Gasteiger partial charge in [-0.05, 0) is 30.7 Å². The lowest BCUT2D eigenvalue weighted by Crippen LogP contribution is -1.97. The zero-order valence-corrected chi connectivity index (χ0v) is 10.9. The van der Waals surface area contributed by atoms with Crippen molar-refractivity contribution in [2.75, 3.05) is 5.73 Å². The third kappa shape index (κ3) is 2.05. The summed E-state index contributed by atoms with van der Waals surface area (Å²) in [6, 6.07) is 12.5. The van der Waals surface area contributed by atoms with Gasteiger partial charge in [-0.3, -0.25) is 4.98 Å². The molecule has 0 unspecified atom stereocenters. The number of anilines is 1. The maximum absolute atomic E-state index is 14.0. The number of aryl methyl sites for hydroxylation is 1. The summed E-state index contributed by atoms with van der Waals surface area (Å²) < 4.78 is 19.7. The summed E-state index contributed by atoms with van der Waals surface area (Å²) in [6.45, 7) is 1.69. The van der Waals surface area contributed by atoms with Gasteiger partial charge in [0.05, 0.1) is 17.4 Å². The van der Waals surface area contributed by atoms with Gasteiger partial charge in [0.2, 0.25) is 0 Å². The fourth-order valence-electron chi connectivity index (χ4n) is 2.05. The number of nitrogens with two attached hydrogens (primary N) is 1. The normalized spacial score (nSPS) is 10.7. The van der Waals surface area contributed by atoms with E-state index in [1.165, 1.54) is 6.20 Å². The molecule has 0 fully saturated rings. The van der Waals surface area contributed by atoms with E-state index in [1.54, 1.807) is 25.1 Å². The number of benzene rings is 2. The predicted octanol–water partition coefficient (Wildman–Crippen LogP) is 4.06. The second-order valence-corrected chi connectivity index (χ2v) is 4.55. The number of rotatable bonds is 2. The van der Waals surface area contributed by atoms with Crippen molar-refractivity contribution in [3.8, 4) is 11.5 Å². The van der Waals surface area contributed by atoms with Crippen molar-refractivity contribution in [1.29, 1.82) is 0 Å². The summed E-state index contributed by atoms with van der Waals surface area (Å²) in [4.78, 5) is 4.22. The lowest BCUT2D eigenvalue weighted by Gasteiger charge is -2.12. The number of aromatic nitrogens is 1. The molecule has 0 aliphatic heterocycles. The molecule has 0 saturated carbocycles. The third-order valence-electron chi connectivity index (χ3n) is 3.12. The molecule has 3 nitrogen and oxygen atoms in total. The molecule has 1 heterocycles. The Morgan fingerprint density at radius 2 is 1.90 bits per heavy atom. The van der Waals surface area contributed by atoms with E-state index in [-0.39, 0.29) is 11.6 Å². The molecule has 2 aromatic carbocycles. The summed E-state index contributed by atoms with van der Waals surface area (Å²) in [5.74, 6) is 0.209. The second kappa shape index (κ2) is 4.81. The summed E-state index contributed by atoms with van der Waals surface area (Å²) in [6.07, 6.45) is 1.52. The van der Waals surface area contributed by atoms with Crippen LogP contribution in [0.5, 0.6) is 11.5 Å². The Morgan fingerprint density at radius 1 is 1.10 bits per heavy atom. The minimum atomic E-state index is -0.382. The highest BCUT2D eigenvalue weighted by Crippen LogP contribution is 2.35. The maximum atomic E-state index is 14.0. The fraction of sp³-hybridized carbons (Fsp3) is 0.0625. The van der Waals surface area contributed by atoms with Gasteiger partial charge in [0, 0.05) is 5.39 Å². The Morgan fingerprint density at radius 3 is 2.75 bits per heavy atom. The van der Waals surface area contributed by atoms with Crippen molar-refractivity contribution in [3.05, 3.63) is 60.0 Å². The van der Waals surface area contributed by atoms with Gasteiger partial charge >= 0.3 is 0 Å². The van der Waals surface area contributed by atoms with Gasteiger partial charge < -0.3 is 10.5 Å².